The van der Waals surface area contributed by atoms with Crippen molar-refractivity contribution in [2.75, 3.05) is 31.2 Å². The first-order valence-corrected chi connectivity index (χ1v) is 6.70. The van der Waals surface area contributed by atoms with Crippen LogP contribution in [0.4, 0.5) is 5.69 Å². The fraction of sp³-hybridized carbons (Fsp3) is 0.667. The molecule has 106 valence electrons. The summed E-state index contributed by atoms with van der Waals surface area (Å²) in [5.41, 5.74) is 0.361. The van der Waals surface area contributed by atoms with Crippen molar-refractivity contribution in [3.05, 3.63) is 21.6 Å². The summed E-state index contributed by atoms with van der Waals surface area (Å²) >= 11 is 6.09. The first-order chi connectivity index (χ1) is 9.13. The lowest BCUT2D eigenvalue weighted by molar-refractivity contribution is 0.0214. The molecule has 1 aromatic rings. The normalized spacial score (nSPS) is 19.7. The number of piperidine rings is 1. The van der Waals surface area contributed by atoms with E-state index in [9.17, 15) is 4.79 Å². The Morgan fingerprint density at radius 1 is 1.63 bits per heavy atom. The minimum atomic E-state index is -0.294. The Morgan fingerprint density at radius 3 is 3.16 bits per heavy atom. The molecule has 1 unspecified atom stereocenters. The number of hydrogen-bond acceptors (Lipinski definition) is 5. The van der Waals surface area contributed by atoms with Gasteiger partial charge in [-0.25, -0.2) is 4.68 Å². The molecule has 1 N–H and O–H groups in total. The topological polar surface area (TPSA) is 67.6 Å². The zero-order chi connectivity index (χ0) is 13.8. The van der Waals surface area contributed by atoms with E-state index in [-0.39, 0.29) is 23.3 Å². The van der Waals surface area contributed by atoms with E-state index in [4.69, 9.17) is 21.4 Å². The molecule has 1 saturated heterocycles. The van der Waals surface area contributed by atoms with Crippen LogP contribution in [-0.4, -0.2) is 47.3 Å². The van der Waals surface area contributed by atoms with E-state index in [2.05, 4.69) is 5.10 Å². The number of anilines is 1. The fourth-order valence-electron chi connectivity index (χ4n) is 2.23. The summed E-state index contributed by atoms with van der Waals surface area (Å²) < 4.78 is 6.76. The van der Waals surface area contributed by atoms with Crippen LogP contribution in [0.5, 0.6) is 0 Å². The molecule has 7 heteroatoms. The smallest absolute Gasteiger partial charge is 0.287 e. The van der Waals surface area contributed by atoms with Gasteiger partial charge in [-0.05, 0) is 12.8 Å². The SMILES string of the molecule is Cn1ncc(N2CCCC(OCCO)C2)c(Cl)c1=O. The molecule has 0 amide bonds. The summed E-state index contributed by atoms with van der Waals surface area (Å²) in [6.07, 6.45) is 3.58. The quantitative estimate of drug-likeness (QED) is 0.869. The van der Waals surface area contributed by atoms with Crippen molar-refractivity contribution in [2.45, 2.75) is 18.9 Å². The average molecular weight is 288 g/mol. The molecule has 19 heavy (non-hydrogen) atoms. The molecule has 0 bridgehead atoms. The molecule has 0 aliphatic carbocycles. The Kier molecular flexibility index (Phi) is 4.79. The molecule has 0 saturated carbocycles. The summed E-state index contributed by atoms with van der Waals surface area (Å²) in [7, 11) is 1.57. The van der Waals surface area contributed by atoms with Crippen LogP contribution in [0.15, 0.2) is 11.0 Å². The van der Waals surface area contributed by atoms with Crippen LogP contribution >= 0.6 is 11.6 Å². The van der Waals surface area contributed by atoms with Gasteiger partial charge in [0.15, 0.2) is 0 Å². The van der Waals surface area contributed by atoms with Crippen molar-refractivity contribution in [3.63, 3.8) is 0 Å². The molecule has 1 aromatic heterocycles. The number of aliphatic hydroxyl groups excluding tert-OH is 1. The summed E-state index contributed by atoms with van der Waals surface area (Å²) in [6, 6.07) is 0. The lowest BCUT2D eigenvalue weighted by Gasteiger charge is -2.34. The summed E-state index contributed by atoms with van der Waals surface area (Å²) in [5.74, 6) is 0. The second-order valence-corrected chi connectivity index (χ2v) is 4.96. The molecule has 1 aliphatic heterocycles. The average Bonchev–Trinajstić information content (AvgIpc) is 2.43. The third kappa shape index (κ3) is 3.26. The van der Waals surface area contributed by atoms with Gasteiger partial charge in [0.2, 0.25) is 0 Å². The highest BCUT2D eigenvalue weighted by Crippen LogP contribution is 2.25. The van der Waals surface area contributed by atoms with E-state index in [1.165, 1.54) is 4.68 Å². The number of rotatable bonds is 4. The second kappa shape index (κ2) is 6.36. The van der Waals surface area contributed by atoms with Crippen LogP contribution in [-0.2, 0) is 11.8 Å². The summed E-state index contributed by atoms with van der Waals surface area (Å²) in [5, 5.41) is 13.0. The molecule has 0 aromatic carbocycles. The molecule has 1 atom stereocenters. The molecule has 2 rings (SSSR count). The molecule has 1 aliphatic rings. The van der Waals surface area contributed by atoms with Gasteiger partial charge in [0.25, 0.3) is 5.56 Å². The highest BCUT2D eigenvalue weighted by molar-refractivity contribution is 6.33. The Hall–Kier alpha value is -1.11. The van der Waals surface area contributed by atoms with Gasteiger partial charge in [0, 0.05) is 20.1 Å². The van der Waals surface area contributed by atoms with Gasteiger partial charge < -0.3 is 14.7 Å². The van der Waals surface area contributed by atoms with Gasteiger partial charge in [-0.2, -0.15) is 5.10 Å². The molecule has 2 heterocycles. The minimum absolute atomic E-state index is 0.0185. The van der Waals surface area contributed by atoms with Crippen molar-refractivity contribution in [1.82, 2.24) is 9.78 Å². The maximum absolute atomic E-state index is 11.8. The Balaban J connectivity index is 2.13. The maximum atomic E-state index is 11.8. The van der Waals surface area contributed by atoms with Crippen LogP contribution in [0.25, 0.3) is 0 Å². The zero-order valence-corrected chi connectivity index (χ0v) is 11.6. The lowest BCUT2D eigenvalue weighted by Crippen LogP contribution is -2.41. The predicted octanol–water partition coefficient (Wildman–Crippen LogP) is 0.411. The predicted molar refractivity (Wildman–Crippen MR) is 72.8 cm³/mol. The number of hydrogen-bond donors (Lipinski definition) is 1. The van der Waals surface area contributed by atoms with Gasteiger partial charge in [-0.3, -0.25) is 4.79 Å². The number of aliphatic hydroxyl groups is 1. The van der Waals surface area contributed by atoms with E-state index in [0.717, 1.165) is 19.4 Å². The van der Waals surface area contributed by atoms with E-state index in [0.29, 0.717) is 18.8 Å². The van der Waals surface area contributed by atoms with Crippen LogP contribution in [0.1, 0.15) is 12.8 Å². The van der Waals surface area contributed by atoms with E-state index in [1.54, 1.807) is 13.2 Å². The lowest BCUT2D eigenvalue weighted by atomic mass is 10.1. The summed E-state index contributed by atoms with van der Waals surface area (Å²) in [4.78, 5) is 13.8. The number of nitrogens with zero attached hydrogens (tertiary/aromatic N) is 3. The molecule has 0 radical (unpaired) electrons. The monoisotopic (exact) mass is 287 g/mol. The first-order valence-electron chi connectivity index (χ1n) is 6.32. The number of aryl methyl sites for hydroxylation is 1. The Morgan fingerprint density at radius 2 is 2.42 bits per heavy atom. The number of halogens is 1. The van der Waals surface area contributed by atoms with Gasteiger partial charge in [-0.15, -0.1) is 0 Å². The number of aromatic nitrogens is 2. The van der Waals surface area contributed by atoms with Crippen LogP contribution in [0, 0.1) is 0 Å². The standard InChI is InChI=1S/C12H18ClN3O3/c1-15-12(18)11(13)10(7-14-15)16-4-2-3-9(8-16)19-6-5-17/h7,9,17H,2-6,8H2,1H3. The van der Waals surface area contributed by atoms with Gasteiger partial charge in [0.1, 0.15) is 5.02 Å². The van der Waals surface area contributed by atoms with E-state index >= 15 is 0 Å². The highest BCUT2D eigenvalue weighted by atomic mass is 35.5. The van der Waals surface area contributed by atoms with E-state index < -0.39 is 0 Å². The zero-order valence-electron chi connectivity index (χ0n) is 10.9. The third-order valence-electron chi connectivity index (χ3n) is 3.22. The van der Waals surface area contributed by atoms with Crippen molar-refractivity contribution >= 4 is 17.3 Å². The molecular weight excluding hydrogens is 270 g/mol. The minimum Gasteiger partial charge on any atom is -0.394 e. The number of ether oxygens (including phenoxy) is 1. The van der Waals surface area contributed by atoms with Crippen molar-refractivity contribution in [3.8, 4) is 0 Å². The van der Waals surface area contributed by atoms with Crippen LogP contribution in [0.2, 0.25) is 5.02 Å². The Labute approximate surface area is 116 Å². The molecular formula is C12H18ClN3O3. The van der Waals surface area contributed by atoms with E-state index in [1.807, 2.05) is 4.90 Å². The van der Waals surface area contributed by atoms with Gasteiger partial charge in [-0.1, -0.05) is 11.6 Å². The van der Waals surface area contributed by atoms with Gasteiger partial charge in [0.05, 0.1) is 31.2 Å². The van der Waals surface area contributed by atoms with Crippen molar-refractivity contribution in [2.24, 2.45) is 7.05 Å². The van der Waals surface area contributed by atoms with Crippen LogP contribution < -0.4 is 10.5 Å². The second-order valence-electron chi connectivity index (χ2n) is 4.58. The van der Waals surface area contributed by atoms with Gasteiger partial charge >= 0.3 is 0 Å². The van der Waals surface area contributed by atoms with Crippen molar-refractivity contribution < 1.29 is 9.84 Å². The molecule has 0 spiro atoms. The fourth-order valence-corrected chi connectivity index (χ4v) is 2.53. The molecule has 6 nitrogen and oxygen atoms in total. The largest absolute Gasteiger partial charge is 0.394 e. The van der Waals surface area contributed by atoms with Crippen LogP contribution in [0.3, 0.4) is 0 Å². The van der Waals surface area contributed by atoms with Crippen molar-refractivity contribution in [1.29, 1.82) is 0 Å². The molecule has 1 fully saturated rings. The third-order valence-corrected chi connectivity index (χ3v) is 3.58. The Bertz CT molecular complexity index is 492. The first kappa shape index (κ1) is 14.3. The maximum Gasteiger partial charge on any atom is 0.287 e. The summed E-state index contributed by atoms with van der Waals surface area (Å²) in [6.45, 7) is 1.84. The highest BCUT2D eigenvalue weighted by Gasteiger charge is 2.23.